The van der Waals surface area contributed by atoms with Crippen molar-refractivity contribution in [1.82, 2.24) is 5.32 Å². The normalized spacial score (nSPS) is 11.8. The van der Waals surface area contributed by atoms with Crippen LogP contribution in [0.1, 0.15) is 22.8 Å². The molecule has 0 bridgehead atoms. The van der Waals surface area contributed by atoms with Crippen LogP contribution in [-0.2, 0) is 6.42 Å². The van der Waals surface area contributed by atoms with Crippen LogP contribution in [0, 0.1) is 5.82 Å². The van der Waals surface area contributed by atoms with E-state index < -0.39 is 11.7 Å². The minimum atomic E-state index is -0.533. The molecule has 0 fully saturated rings. The third-order valence-corrected chi connectivity index (χ3v) is 3.72. The number of halogens is 2. The maximum atomic E-state index is 13.7. The molecule has 2 aromatic carbocycles. The first-order valence-corrected chi connectivity index (χ1v) is 7.67. The topological polar surface area (TPSA) is 38.3 Å². The van der Waals surface area contributed by atoms with Crippen molar-refractivity contribution in [1.29, 1.82) is 0 Å². The predicted octanol–water partition coefficient (Wildman–Crippen LogP) is 3.96. The molecule has 1 amide bonds. The Kier molecular flexibility index (Phi) is 5.55. The van der Waals surface area contributed by atoms with E-state index in [0.29, 0.717) is 10.9 Å². The second kappa shape index (κ2) is 7.40. The Balaban J connectivity index is 2.03. The highest BCUT2D eigenvalue weighted by Gasteiger charge is 2.15. The van der Waals surface area contributed by atoms with Gasteiger partial charge in [0.15, 0.2) is 0 Å². The number of methoxy groups -OCH3 is 1. The number of rotatable bonds is 5. The molecule has 0 saturated carbocycles. The number of carbonyl (C=O) groups excluding carboxylic acids is 1. The summed E-state index contributed by atoms with van der Waals surface area (Å²) in [4.78, 5) is 12.1. The molecule has 1 unspecified atom stereocenters. The summed E-state index contributed by atoms with van der Waals surface area (Å²) in [6.07, 6.45) is 0.637. The highest BCUT2D eigenvalue weighted by atomic mass is 79.9. The van der Waals surface area contributed by atoms with E-state index in [4.69, 9.17) is 4.74 Å². The van der Waals surface area contributed by atoms with Crippen molar-refractivity contribution >= 4 is 21.8 Å². The van der Waals surface area contributed by atoms with E-state index in [-0.39, 0.29) is 11.6 Å². The van der Waals surface area contributed by atoms with Crippen molar-refractivity contribution in [2.24, 2.45) is 0 Å². The van der Waals surface area contributed by atoms with Crippen LogP contribution in [0.2, 0.25) is 0 Å². The first-order chi connectivity index (χ1) is 10.5. The third-order valence-electron chi connectivity index (χ3n) is 3.23. The van der Waals surface area contributed by atoms with E-state index in [0.717, 1.165) is 11.3 Å². The van der Waals surface area contributed by atoms with Gasteiger partial charge in [0.2, 0.25) is 0 Å². The van der Waals surface area contributed by atoms with Gasteiger partial charge in [0.25, 0.3) is 5.91 Å². The highest BCUT2D eigenvalue weighted by Crippen LogP contribution is 2.17. The van der Waals surface area contributed by atoms with Crippen molar-refractivity contribution in [3.05, 3.63) is 63.9 Å². The van der Waals surface area contributed by atoms with Gasteiger partial charge in [-0.1, -0.05) is 28.1 Å². The number of benzene rings is 2. The number of ether oxygens (including phenoxy) is 1. The Labute approximate surface area is 137 Å². The lowest BCUT2D eigenvalue weighted by molar-refractivity contribution is 0.0936. The van der Waals surface area contributed by atoms with Crippen LogP contribution in [0.3, 0.4) is 0 Å². The Morgan fingerprint density at radius 1 is 1.32 bits per heavy atom. The molecule has 0 spiro atoms. The number of hydrogen-bond donors (Lipinski definition) is 1. The molecule has 0 saturated heterocycles. The van der Waals surface area contributed by atoms with E-state index in [1.165, 1.54) is 12.1 Å². The Hall–Kier alpha value is -1.88. The fourth-order valence-electron chi connectivity index (χ4n) is 2.18. The average Bonchev–Trinajstić information content (AvgIpc) is 2.49. The van der Waals surface area contributed by atoms with Crippen molar-refractivity contribution in [3.8, 4) is 5.75 Å². The van der Waals surface area contributed by atoms with Crippen molar-refractivity contribution in [2.45, 2.75) is 19.4 Å². The molecule has 22 heavy (non-hydrogen) atoms. The van der Waals surface area contributed by atoms with Gasteiger partial charge in [0.1, 0.15) is 11.6 Å². The molecule has 0 aliphatic heterocycles. The van der Waals surface area contributed by atoms with E-state index in [9.17, 15) is 9.18 Å². The van der Waals surface area contributed by atoms with E-state index in [1.54, 1.807) is 13.2 Å². The molecule has 2 aromatic rings. The summed E-state index contributed by atoms with van der Waals surface area (Å²) >= 11 is 3.24. The van der Waals surface area contributed by atoms with Crippen LogP contribution >= 0.6 is 15.9 Å². The molecule has 3 nitrogen and oxygen atoms in total. The second-order valence-electron chi connectivity index (χ2n) is 5.05. The standard InChI is InChI=1S/C17H17BrFNO2/c1-11(8-12-4-3-5-14(9-12)22-2)20-17(21)15-10-13(18)6-7-16(15)19/h3-7,9-11H,8H2,1-2H3,(H,20,21). The molecule has 0 radical (unpaired) electrons. The predicted molar refractivity (Wildman–Crippen MR) is 87.7 cm³/mol. The molecule has 0 aromatic heterocycles. The Morgan fingerprint density at radius 3 is 2.82 bits per heavy atom. The first kappa shape index (κ1) is 16.5. The molecule has 0 aliphatic rings. The quantitative estimate of drug-likeness (QED) is 0.870. The van der Waals surface area contributed by atoms with Gasteiger partial charge in [-0.15, -0.1) is 0 Å². The zero-order valence-corrected chi connectivity index (χ0v) is 14.0. The Morgan fingerprint density at radius 2 is 2.09 bits per heavy atom. The minimum absolute atomic E-state index is 0.0341. The van der Waals surface area contributed by atoms with Crippen LogP contribution in [0.5, 0.6) is 5.75 Å². The lowest BCUT2D eigenvalue weighted by Crippen LogP contribution is -2.34. The van der Waals surface area contributed by atoms with E-state index in [2.05, 4.69) is 21.2 Å². The van der Waals surface area contributed by atoms with Gasteiger partial charge >= 0.3 is 0 Å². The van der Waals surface area contributed by atoms with Crippen molar-refractivity contribution < 1.29 is 13.9 Å². The summed E-state index contributed by atoms with van der Waals surface area (Å²) in [5, 5.41) is 2.81. The van der Waals surface area contributed by atoms with Crippen LogP contribution in [0.15, 0.2) is 46.9 Å². The Bertz CT molecular complexity index is 675. The molecule has 2 rings (SSSR count). The van der Waals surface area contributed by atoms with Crippen LogP contribution < -0.4 is 10.1 Å². The molecule has 0 aliphatic carbocycles. The average molecular weight is 366 g/mol. The first-order valence-electron chi connectivity index (χ1n) is 6.88. The van der Waals surface area contributed by atoms with E-state index >= 15 is 0 Å². The zero-order valence-electron chi connectivity index (χ0n) is 12.4. The van der Waals surface area contributed by atoms with Crippen LogP contribution in [0.4, 0.5) is 4.39 Å². The molecular weight excluding hydrogens is 349 g/mol. The van der Waals surface area contributed by atoms with Gasteiger partial charge in [0, 0.05) is 10.5 Å². The molecule has 1 N–H and O–H groups in total. The van der Waals surface area contributed by atoms with Gasteiger partial charge < -0.3 is 10.1 Å². The SMILES string of the molecule is COc1cccc(CC(C)NC(=O)c2cc(Br)ccc2F)c1. The summed E-state index contributed by atoms with van der Waals surface area (Å²) in [7, 11) is 1.61. The number of nitrogens with one attached hydrogen (secondary N) is 1. The monoisotopic (exact) mass is 365 g/mol. The summed E-state index contributed by atoms with van der Waals surface area (Å²) in [6, 6.07) is 11.8. The zero-order chi connectivity index (χ0) is 16.1. The lowest BCUT2D eigenvalue weighted by atomic mass is 10.1. The van der Waals surface area contributed by atoms with Gasteiger partial charge in [-0.2, -0.15) is 0 Å². The number of amides is 1. The summed E-state index contributed by atoms with van der Waals surface area (Å²) in [5.74, 6) is -0.183. The summed E-state index contributed by atoms with van der Waals surface area (Å²) in [5.41, 5.74) is 1.08. The third kappa shape index (κ3) is 4.31. The highest BCUT2D eigenvalue weighted by molar-refractivity contribution is 9.10. The smallest absolute Gasteiger partial charge is 0.254 e. The van der Waals surface area contributed by atoms with Crippen molar-refractivity contribution in [2.75, 3.05) is 7.11 Å². The maximum absolute atomic E-state index is 13.7. The second-order valence-corrected chi connectivity index (χ2v) is 5.97. The number of carbonyl (C=O) groups is 1. The van der Waals surface area contributed by atoms with Crippen molar-refractivity contribution in [3.63, 3.8) is 0 Å². The summed E-state index contributed by atoms with van der Waals surface area (Å²) < 4.78 is 19.5. The molecule has 1 atom stereocenters. The molecule has 0 heterocycles. The molecule has 5 heteroatoms. The minimum Gasteiger partial charge on any atom is -0.497 e. The van der Waals surface area contributed by atoms with Gasteiger partial charge in [0.05, 0.1) is 12.7 Å². The fourth-order valence-corrected chi connectivity index (χ4v) is 2.54. The van der Waals surface area contributed by atoms with E-state index in [1.807, 2.05) is 31.2 Å². The van der Waals surface area contributed by atoms with Gasteiger partial charge in [-0.3, -0.25) is 4.79 Å². The molecule has 116 valence electrons. The summed E-state index contributed by atoms with van der Waals surface area (Å²) in [6.45, 7) is 1.88. The maximum Gasteiger partial charge on any atom is 0.254 e. The van der Waals surface area contributed by atoms with Crippen LogP contribution in [0.25, 0.3) is 0 Å². The largest absolute Gasteiger partial charge is 0.497 e. The number of hydrogen-bond acceptors (Lipinski definition) is 2. The van der Waals surface area contributed by atoms with Gasteiger partial charge in [-0.05, 0) is 49.2 Å². The van der Waals surface area contributed by atoms with Gasteiger partial charge in [-0.25, -0.2) is 4.39 Å². The van der Waals surface area contributed by atoms with Crippen LogP contribution in [-0.4, -0.2) is 19.1 Å². The molecular formula is C17H17BrFNO2. The fraction of sp³-hybridized carbons (Fsp3) is 0.235. The lowest BCUT2D eigenvalue weighted by Gasteiger charge is -2.15.